The van der Waals surface area contributed by atoms with Gasteiger partial charge >= 0.3 is 0 Å². The number of hydrogen-bond acceptors (Lipinski definition) is 3. The van der Waals surface area contributed by atoms with Gasteiger partial charge in [-0.2, -0.15) is 6.07 Å². The summed E-state index contributed by atoms with van der Waals surface area (Å²) in [5.41, 5.74) is 12.6. The summed E-state index contributed by atoms with van der Waals surface area (Å²) in [4.78, 5) is 9.54. The molecule has 4 heterocycles. The number of imidazole rings is 1. The first-order valence-corrected chi connectivity index (χ1v) is 20.7. The fraction of sp³-hybridized carbons (Fsp3) is 0.145. The number of nitrogens with zero attached hydrogens (tertiary/aromatic N) is 5. The molecule has 0 fully saturated rings. The molecule has 0 aliphatic rings. The van der Waals surface area contributed by atoms with Crippen LogP contribution in [0.25, 0.3) is 72.3 Å². The second-order valence-electron chi connectivity index (χ2n) is 17.7. The molecule has 0 aliphatic heterocycles. The molecule has 62 heavy (non-hydrogen) atoms. The Balaban J connectivity index is 0.00000490. The number of ether oxygens (including phenoxy) is 1. The fourth-order valence-corrected chi connectivity index (χ4v) is 8.09. The van der Waals surface area contributed by atoms with Gasteiger partial charge in [-0.05, 0) is 91.8 Å². The van der Waals surface area contributed by atoms with Crippen LogP contribution in [0.4, 0.5) is 0 Å². The molecule has 0 spiro atoms. The molecule has 0 unspecified atom stereocenters. The minimum atomic E-state index is -0.0612. The first kappa shape index (κ1) is 40.8. The molecule has 0 atom stereocenters. The van der Waals surface area contributed by atoms with Gasteiger partial charge in [0, 0.05) is 44.3 Å². The summed E-state index contributed by atoms with van der Waals surface area (Å²) in [6.45, 7) is 13.4. The van der Waals surface area contributed by atoms with Gasteiger partial charge in [0.15, 0.2) is 0 Å². The van der Waals surface area contributed by atoms with Crippen molar-refractivity contribution in [3.63, 3.8) is 0 Å². The second-order valence-corrected chi connectivity index (χ2v) is 17.7. The SMILES string of the molecule is CC(C)(C)c1cc(-c2ccccc2)cc(-[n+]2[c-]n(-c3[c-]c(Oc4[c-]c5c(cc4)c4cc(-c6ccccc6)ccc4n5-c4cc(C(C)(C)C)ccn4)cnc3)c3ccccc32)c1.[Pt]. The Hall–Kier alpha value is -6.62. The smallest absolute Gasteiger partial charge is 0.268 e. The number of fused-ring (bicyclic) bond motifs is 4. The van der Waals surface area contributed by atoms with Crippen molar-refractivity contribution in [2.24, 2.45) is 0 Å². The molecule has 0 N–H and O–H groups in total. The molecule has 7 heteroatoms. The number of para-hydroxylation sites is 2. The van der Waals surface area contributed by atoms with E-state index in [9.17, 15) is 0 Å². The van der Waals surface area contributed by atoms with Crippen LogP contribution in [-0.4, -0.2) is 19.1 Å². The third kappa shape index (κ3) is 7.65. The molecule has 0 radical (unpaired) electrons. The van der Waals surface area contributed by atoms with Crippen LogP contribution in [0.15, 0.2) is 164 Å². The van der Waals surface area contributed by atoms with E-state index in [1.807, 2.05) is 29.0 Å². The first-order chi connectivity index (χ1) is 29.5. The Morgan fingerprint density at radius 2 is 1.27 bits per heavy atom. The number of pyridine rings is 2. The maximum atomic E-state index is 6.59. The summed E-state index contributed by atoms with van der Waals surface area (Å²) in [5.74, 6) is 1.84. The quantitative estimate of drug-likeness (QED) is 0.118. The minimum absolute atomic E-state index is 0. The van der Waals surface area contributed by atoms with E-state index in [0.717, 1.165) is 55.5 Å². The van der Waals surface area contributed by atoms with E-state index in [1.54, 1.807) is 12.4 Å². The van der Waals surface area contributed by atoms with Gasteiger partial charge in [-0.15, -0.1) is 23.6 Å². The first-order valence-electron chi connectivity index (χ1n) is 20.7. The zero-order chi connectivity index (χ0) is 41.9. The van der Waals surface area contributed by atoms with Crippen molar-refractivity contribution >= 4 is 32.8 Å². The molecule has 4 aromatic heterocycles. The normalized spacial score (nSPS) is 11.9. The summed E-state index contributed by atoms with van der Waals surface area (Å²) in [7, 11) is 0. The molecule has 0 saturated heterocycles. The van der Waals surface area contributed by atoms with Gasteiger partial charge in [0.05, 0.1) is 16.7 Å². The van der Waals surface area contributed by atoms with Crippen LogP contribution < -0.4 is 9.30 Å². The molecule has 6 aromatic carbocycles. The maximum absolute atomic E-state index is 6.59. The summed E-state index contributed by atoms with van der Waals surface area (Å²) in [6.07, 6.45) is 9.04. The summed E-state index contributed by atoms with van der Waals surface area (Å²) >= 11 is 0. The van der Waals surface area contributed by atoms with Gasteiger partial charge < -0.3 is 18.9 Å². The van der Waals surface area contributed by atoms with Crippen molar-refractivity contribution in [2.75, 3.05) is 0 Å². The molecule has 308 valence electrons. The van der Waals surface area contributed by atoms with Crippen LogP contribution in [0.3, 0.4) is 0 Å². The standard InChI is InChI=1S/C55H45N5O.Pt/c1-54(2,3)41-25-26-57-53(31-41)60-49-24-21-39(37-15-9-7-10-16-37)29-48(49)47-23-22-45(33-52(47)60)61-46-32-44(34-56-35-46)59-36-58(50-19-13-14-20-51(50)59)43-28-40(38-17-11-8-12-18-38)27-42(30-43)55(4,5)6;/h7-31,34-35H,1-6H3;/q-2;. The zero-order valence-electron chi connectivity index (χ0n) is 35.5. The van der Waals surface area contributed by atoms with Gasteiger partial charge in [0.25, 0.3) is 6.33 Å². The monoisotopic (exact) mass is 986 g/mol. The Morgan fingerprint density at radius 1 is 0.565 bits per heavy atom. The molecular weight excluding hydrogens is 942 g/mol. The second kappa shape index (κ2) is 16.0. The van der Waals surface area contributed by atoms with Crippen molar-refractivity contribution in [3.05, 3.63) is 194 Å². The molecular formula is C55H45N5OPt-2. The number of rotatable bonds is 7. The number of aromatic nitrogens is 5. The van der Waals surface area contributed by atoms with Crippen molar-refractivity contribution in [2.45, 2.75) is 52.4 Å². The van der Waals surface area contributed by atoms with E-state index >= 15 is 0 Å². The van der Waals surface area contributed by atoms with E-state index in [1.165, 1.54) is 22.3 Å². The molecule has 0 saturated carbocycles. The molecule has 10 rings (SSSR count). The Labute approximate surface area is 377 Å². The Morgan fingerprint density at radius 3 is 2.02 bits per heavy atom. The topological polar surface area (TPSA) is 48.8 Å². The fourth-order valence-electron chi connectivity index (χ4n) is 8.09. The van der Waals surface area contributed by atoms with Crippen LogP contribution in [0.2, 0.25) is 0 Å². The molecule has 10 aromatic rings. The van der Waals surface area contributed by atoms with Gasteiger partial charge in [-0.1, -0.05) is 156 Å². The molecule has 0 bridgehead atoms. The van der Waals surface area contributed by atoms with Crippen LogP contribution in [0.5, 0.6) is 11.5 Å². The van der Waals surface area contributed by atoms with E-state index < -0.39 is 0 Å². The predicted molar refractivity (Wildman–Crippen MR) is 246 cm³/mol. The average molecular weight is 987 g/mol. The Kier molecular flexibility index (Phi) is 10.5. The van der Waals surface area contributed by atoms with Crippen molar-refractivity contribution in [1.82, 2.24) is 19.1 Å². The number of benzene rings is 6. The van der Waals surface area contributed by atoms with Crippen LogP contribution in [0, 0.1) is 18.5 Å². The summed E-state index contributed by atoms with van der Waals surface area (Å²) in [5, 5.41) is 2.17. The van der Waals surface area contributed by atoms with Gasteiger partial charge in [0.2, 0.25) is 0 Å². The largest absolute Gasteiger partial charge is 0.508 e. The van der Waals surface area contributed by atoms with Crippen molar-refractivity contribution < 1.29 is 30.4 Å². The molecule has 0 amide bonds. The number of hydrogen-bond donors (Lipinski definition) is 0. The summed E-state index contributed by atoms with van der Waals surface area (Å²) in [6, 6.07) is 58.3. The predicted octanol–water partition coefficient (Wildman–Crippen LogP) is 12.9. The minimum Gasteiger partial charge on any atom is -0.508 e. The van der Waals surface area contributed by atoms with E-state index in [0.29, 0.717) is 17.2 Å². The van der Waals surface area contributed by atoms with Crippen LogP contribution >= 0.6 is 0 Å². The van der Waals surface area contributed by atoms with E-state index in [2.05, 4.69) is 202 Å². The van der Waals surface area contributed by atoms with Gasteiger partial charge in [-0.25, -0.2) is 4.98 Å². The third-order valence-corrected chi connectivity index (χ3v) is 11.4. The van der Waals surface area contributed by atoms with Crippen LogP contribution in [-0.2, 0) is 31.9 Å². The van der Waals surface area contributed by atoms with Crippen molar-refractivity contribution in [1.29, 1.82) is 0 Å². The maximum Gasteiger partial charge on any atom is 0.268 e. The molecule has 6 nitrogen and oxygen atoms in total. The van der Waals surface area contributed by atoms with Crippen molar-refractivity contribution in [3.8, 4) is 50.9 Å². The Bertz CT molecular complexity index is 3250. The average Bonchev–Trinajstić information content (AvgIpc) is 3.82. The third-order valence-electron chi connectivity index (χ3n) is 11.4. The van der Waals surface area contributed by atoms with Crippen LogP contribution in [0.1, 0.15) is 52.7 Å². The van der Waals surface area contributed by atoms with E-state index in [-0.39, 0.29) is 31.9 Å². The summed E-state index contributed by atoms with van der Waals surface area (Å²) < 4.78 is 12.9. The van der Waals surface area contributed by atoms with Gasteiger partial charge in [-0.3, -0.25) is 4.57 Å². The zero-order valence-corrected chi connectivity index (χ0v) is 37.8. The van der Waals surface area contributed by atoms with Gasteiger partial charge in [0.1, 0.15) is 5.82 Å². The molecule has 0 aliphatic carbocycles. The van der Waals surface area contributed by atoms with E-state index in [4.69, 9.17) is 9.72 Å².